The van der Waals surface area contributed by atoms with E-state index in [1.807, 2.05) is 38.1 Å². The second kappa shape index (κ2) is 10.5. The highest BCUT2D eigenvalue weighted by Gasteiger charge is 2.08. The van der Waals surface area contributed by atoms with Crippen molar-refractivity contribution in [2.75, 3.05) is 19.9 Å². The molecule has 27 heavy (non-hydrogen) atoms. The monoisotopic (exact) mass is 367 g/mol. The molecule has 0 unspecified atom stereocenters. The maximum atomic E-state index is 9.98. The van der Waals surface area contributed by atoms with Gasteiger partial charge >= 0.3 is 0 Å². The topological polar surface area (TPSA) is 68.4 Å². The summed E-state index contributed by atoms with van der Waals surface area (Å²) in [4.78, 5) is 11.4. The summed E-state index contributed by atoms with van der Waals surface area (Å²) in [6.07, 6.45) is 2.16. The third-order valence-electron chi connectivity index (χ3n) is 4.43. The summed E-state index contributed by atoms with van der Waals surface area (Å²) in [7, 11) is 0. The Labute approximate surface area is 161 Å². The standard InChI is InChI=1S/C22H29N3O2/c1-4-5-14-25(15-23-17(2)19-10-6-8-12-21(19)26)16-24-18(3)20-11-7-9-13-22(20)27/h6-13,26-27H,4-5,14-16H2,1-3H3. The Balaban J connectivity index is 2.08. The number of unbranched alkanes of at least 4 members (excludes halogenated alkanes) is 1. The van der Waals surface area contributed by atoms with E-state index in [9.17, 15) is 10.2 Å². The molecule has 5 nitrogen and oxygen atoms in total. The van der Waals surface area contributed by atoms with Crippen LogP contribution in [0, 0.1) is 0 Å². The van der Waals surface area contributed by atoms with Gasteiger partial charge in [-0.1, -0.05) is 37.6 Å². The van der Waals surface area contributed by atoms with E-state index in [0.29, 0.717) is 13.3 Å². The predicted octanol–water partition coefficient (Wildman–Crippen LogP) is 4.43. The van der Waals surface area contributed by atoms with Crippen LogP contribution in [0.25, 0.3) is 0 Å². The predicted molar refractivity (Wildman–Crippen MR) is 112 cm³/mol. The highest BCUT2D eigenvalue weighted by molar-refractivity contribution is 6.01. The normalized spacial score (nSPS) is 12.6. The molecule has 0 bridgehead atoms. The van der Waals surface area contributed by atoms with E-state index in [1.54, 1.807) is 24.3 Å². The van der Waals surface area contributed by atoms with Gasteiger partial charge in [0, 0.05) is 29.1 Å². The zero-order valence-electron chi connectivity index (χ0n) is 16.4. The van der Waals surface area contributed by atoms with Crippen LogP contribution in [0.2, 0.25) is 0 Å². The SMILES string of the molecule is CCCCN(CN=C(C)c1ccccc1O)CN=C(C)c1ccccc1O. The number of aromatic hydroxyl groups is 2. The van der Waals surface area contributed by atoms with Crippen LogP contribution in [0.4, 0.5) is 0 Å². The van der Waals surface area contributed by atoms with Crippen molar-refractivity contribution >= 4 is 11.4 Å². The average Bonchev–Trinajstić information content (AvgIpc) is 2.67. The van der Waals surface area contributed by atoms with Gasteiger partial charge in [0.25, 0.3) is 0 Å². The molecule has 144 valence electrons. The van der Waals surface area contributed by atoms with Gasteiger partial charge in [0.05, 0.1) is 13.3 Å². The van der Waals surface area contributed by atoms with Crippen molar-refractivity contribution in [2.24, 2.45) is 9.98 Å². The molecule has 5 heteroatoms. The van der Waals surface area contributed by atoms with E-state index in [4.69, 9.17) is 0 Å². The van der Waals surface area contributed by atoms with E-state index in [0.717, 1.165) is 41.9 Å². The fourth-order valence-electron chi connectivity index (χ4n) is 2.71. The quantitative estimate of drug-likeness (QED) is 0.644. The molecule has 0 fully saturated rings. The van der Waals surface area contributed by atoms with Gasteiger partial charge in [-0.05, 0) is 44.5 Å². The highest BCUT2D eigenvalue weighted by Crippen LogP contribution is 2.17. The van der Waals surface area contributed by atoms with Crippen LogP contribution < -0.4 is 0 Å². The first-order chi connectivity index (χ1) is 13.0. The largest absolute Gasteiger partial charge is 0.507 e. The molecule has 0 saturated carbocycles. The van der Waals surface area contributed by atoms with Crippen molar-refractivity contribution in [1.29, 1.82) is 0 Å². The van der Waals surface area contributed by atoms with Gasteiger partial charge in [0.15, 0.2) is 0 Å². The minimum Gasteiger partial charge on any atom is -0.507 e. The van der Waals surface area contributed by atoms with Gasteiger partial charge in [-0.15, -0.1) is 0 Å². The maximum Gasteiger partial charge on any atom is 0.124 e. The third kappa shape index (κ3) is 6.22. The molecule has 0 heterocycles. The Hall–Kier alpha value is -2.66. The number of aliphatic imine (C=N–C) groups is 2. The van der Waals surface area contributed by atoms with Crippen LogP contribution in [0.1, 0.15) is 44.7 Å². The van der Waals surface area contributed by atoms with Crippen molar-refractivity contribution in [3.63, 3.8) is 0 Å². The number of rotatable bonds is 9. The molecule has 0 aliphatic heterocycles. The van der Waals surface area contributed by atoms with E-state index in [2.05, 4.69) is 21.8 Å². The van der Waals surface area contributed by atoms with Gasteiger partial charge in [-0.3, -0.25) is 14.9 Å². The smallest absolute Gasteiger partial charge is 0.124 e. The number of nitrogens with zero attached hydrogens (tertiary/aromatic N) is 3. The van der Waals surface area contributed by atoms with Gasteiger partial charge in [0.1, 0.15) is 11.5 Å². The molecular weight excluding hydrogens is 338 g/mol. The van der Waals surface area contributed by atoms with Crippen LogP contribution in [0.15, 0.2) is 58.5 Å². The molecule has 2 N–H and O–H groups in total. The van der Waals surface area contributed by atoms with Crippen LogP contribution >= 0.6 is 0 Å². The maximum absolute atomic E-state index is 9.98. The third-order valence-corrected chi connectivity index (χ3v) is 4.43. The highest BCUT2D eigenvalue weighted by atomic mass is 16.3. The second-order valence-electron chi connectivity index (χ2n) is 6.55. The molecule has 0 spiro atoms. The summed E-state index contributed by atoms with van der Waals surface area (Å²) in [5.41, 5.74) is 3.11. The summed E-state index contributed by atoms with van der Waals surface area (Å²) in [5.74, 6) is 0.486. The van der Waals surface area contributed by atoms with Crippen molar-refractivity contribution in [3.8, 4) is 11.5 Å². The Kier molecular flexibility index (Phi) is 8.01. The van der Waals surface area contributed by atoms with Crippen molar-refractivity contribution in [1.82, 2.24) is 4.90 Å². The van der Waals surface area contributed by atoms with E-state index in [-0.39, 0.29) is 11.5 Å². The molecule has 0 atom stereocenters. The molecule has 0 radical (unpaired) electrons. The summed E-state index contributed by atoms with van der Waals surface area (Å²) in [6.45, 7) is 7.89. The van der Waals surface area contributed by atoms with Gasteiger partial charge in [0.2, 0.25) is 0 Å². The number of benzene rings is 2. The molecule has 0 saturated heterocycles. The summed E-state index contributed by atoms with van der Waals surface area (Å²) < 4.78 is 0. The van der Waals surface area contributed by atoms with E-state index < -0.39 is 0 Å². The Morgan fingerprint density at radius 2 is 1.26 bits per heavy atom. The van der Waals surface area contributed by atoms with E-state index in [1.165, 1.54) is 0 Å². The van der Waals surface area contributed by atoms with Crippen molar-refractivity contribution in [3.05, 3.63) is 59.7 Å². The first-order valence-corrected chi connectivity index (χ1v) is 9.34. The summed E-state index contributed by atoms with van der Waals surface area (Å²) in [5, 5.41) is 20.0. The summed E-state index contributed by atoms with van der Waals surface area (Å²) >= 11 is 0. The number of para-hydroxylation sites is 2. The molecule has 0 aromatic heterocycles. The fraction of sp³-hybridized carbons (Fsp3) is 0.364. The van der Waals surface area contributed by atoms with Crippen molar-refractivity contribution in [2.45, 2.75) is 33.6 Å². The van der Waals surface area contributed by atoms with Gasteiger partial charge < -0.3 is 10.2 Å². The second-order valence-corrected chi connectivity index (χ2v) is 6.55. The van der Waals surface area contributed by atoms with Gasteiger partial charge in [-0.2, -0.15) is 0 Å². The first-order valence-electron chi connectivity index (χ1n) is 9.34. The lowest BCUT2D eigenvalue weighted by molar-refractivity contribution is 0.287. The zero-order chi connectivity index (χ0) is 19.6. The Bertz CT molecular complexity index is 736. The molecular formula is C22H29N3O2. The lowest BCUT2D eigenvalue weighted by atomic mass is 10.1. The molecule has 0 aliphatic rings. The zero-order valence-corrected chi connectivity index (χ0v) is 16.4. The van der Waals surface area contributed by atoms with Crippen LogP contribution in [-0.4, -0.2) is 46.4 Å². The minimum atomic E-state index is 0.243. The molecule has 2 aromatic rings. The number of phenolic OH excluding ortho intramolecular Hbond substituents is 2. The van der Waals surface area contributed by atoms with Crippen LogP contribution in [-0.2, 0) is 0 Å². The summed E-state index contributed by atoms with van der Waals surface area (Å²) in [6, 6.07) is 14.5. The first kappa shape index (κ1) is 20.6. The van der Waals surface area contributed by atoms with E-state index >= 15 is 0 Å². The molecule has 0 amide bonds. The van der Waals surface area contributed by atoms with Gasteiger partial charge in [-0.25, -0.2) is 0 Å². The molecule has 2 rings (SSSR count). The van der Waals surface area contributed by atoms with Crippen LogP contribution in [0.3, 0.4) is 0 Å². The molecule has 0 aliphatic carbocycles. The Morgan fingerprint density at radius 3 is 1.67 bits per heavy atom. The average molecular weight is 367 g/mol. The molecule has 2 aromatic carbocycles. The lowest BCUT2D eigenvalue weighted by Gasteiger charge is -2.19. The number of hydrogen-bond acceptors (Lipinski definition) is 5. The van der Waals surface area contributed by atoms with Crippen molar-refractivity contribution < 1.29 is 10.2 Å². The lowest BCUT2D eigenvalue weighted by Crippen LogP contribution is -2.26. The minimum absolute atomic E-state index is 0.243. The number of phenols is 2. The Morgan fingerprint density at radius 1 is 0.815 bits per heavy atom. The van der Waals surface area contributed by atoms with Crippen LogP contribution in [0.5, 0.6) is 11.5 Å². The fourth-order valence-corrected chi connectivity index (χ4v) is 2.71. The number of hydrogen-bond donors (Lipinski definition) is 2.